The van der Waals surface area contributed by atoms with Crippen LogP contribution in [0.15, 0.2) is 0 Å². The Bertz CT molecular complexity index is 455. The standard InChI is InChI=1S/C7H7F9O4S/c8-4(9,6(12,13)14)5(10,11)7(15,16)21(18,19)20-3-1-2-17/h17H,1-3H2. The molecule has 0 aliphatic heterocycles. The maximum atomic E-state index is 12.9. The smallest absolute Gasteiger partial charge is 0.396 e. The largest absolute Gasteiger partial charge is 0.460 e. The maximum Gasteiger partial charge on any atom is 0.460 e. The molecule has 4 nitrogen and oxygen atoms in total. The van der Waals surface area contributed by atoms with Gasteiger partial charge in [0.05, 0.1) is 6.61 Å². The molecule has 0 unspecified atom stereocenters. The molecule has 0 rings (SSSR count). The summed E-state index contributed by atoms with van der Waals surface area (Å²) in [4.78, 5) is 0. The van der Waals surface area contributed by atoms with Gasteiger partial charge in [-0.15, -0.1) is 0 Å². The highest BCUT2D eigenvalue weighted by atomic mass is 32.2. The molecule has 0 aliphatic carbocycles. The van der Waals surface area contributed by atoms with E-state index < -0.39 is 53.0 Å². The van der Waals surface area contributed by atoms with Crippen molar-refractivity contribution in [2.75, 3.05) is 13.2 Å². The van der Waals surface area contributed by atoms with E-state index in [1.54, 1.807) is 0 Å². The van der Waals surface area contributed by atoms with Gasteiger partial charge in [0.1, 0.15) is 0 Å². The summed E-state index contributed by atoms with van der Waals surface area (Å²) in [5.41, 5.74) is 0. The van der Waals surface area contributed by atoms with Gasteiger partial charge in [-0.1, -0.05) is 0 Å². The Kier molecular flexibility index (Phi) is 5.58. The van der Waals surface area contributed by atoms with E-state index in [9.17, 15) is 47.9 Å². The zero-order valence-corrected chi connectivity index (χ0v) is 10.4. The van der Waals surface area contributed by atoms with Crippen molar-refractivity contribution in [2.45, 2.75) is 29.7 Å². The van der Waals surface area contributed by atoms with Crippen LogP contribution in [0.5, 0.6) is 0 Å². The molecule has 21 heavy (non-hydrogen) atoms. The molecular formula is C7H7F9O4S. The van der Waals surface area contributed by atoms with Crippen molar-refractivity contribution in [2.24, 2.45) is 0 Å². The van der Waals surface area contributed by atoms with E-state index in [4.69, 9.17) is 5.11 Å². The Labute approximate surface area is 111 Å². The minimum absolute atomic E-state index is 0.670. The molecule has 0 fully saturated rings. The first-order chi connectivity index (χ1) is 9.06. The Morgan fingerprint density at radius 1 is 0.857 bits per heavy atom. The van der Waals surface area contributed by atoms with E-state index in [-0.39, 0.29) is 0 Å². The Morgan fingerprint density at radius 2 is 1.29 bits per heavy atom. The van der Waals surface area contributed by atoms with Crippen molar-refractivity contribution in [1.82, 2.24) is 0 Å². The highest BCUT2D eigenvalue weighted by molar-refractivity contribution is 7.87. The predicted molar refractivity (Wildman–Crippen MR) is 47.5 cm³/mol. The van der Waals surface area contributed by atoms with E-state index in [0.29, 0.717) is 0 Å². The van der Waals surface area contributed by atoms with Crippen LogP contribution in [0, 0.1) is 0 Å². The van der Waals surface area contributed by atoms with Gasteiger partial charge in [-0.3, -0.25) is 4.18 Å². The highest BCUT2D eigenvalue weighted by Gasteiger charge is 2.85. The molecule has 1 N–H and O–H groups in total. The molecule has 0 bridgehead atoms. The van der Waals surface area contributed by atoms with Crippen molar-refractivity contribution in [3.63, 3.8) is 0 Å². The lowest BCUT2D eigenvalue weighted by molar-refractivity contribution is -0.382. The van der Waals surface area contributed by atoms with Gasteiger partial charge < -0.3 is 5.11 Å². The van der Waals surface area contributed by atoms with Gasteiger partial charge in [-0.05, 0) is 6.42 Å². The number of aliphatic hydroxyl groups excluding tert-OH is 1. The molecule has 14 heteroatoms. The van der Waals surface area contributed by atoms with E-state index >= 15 is 0 Å². The second-order valence-electron chi connectivity index (χ2n) is 3.52. The lowest BCUT2D eigenvalue weighted by Crippen LogP contribution is -2.63. The van der Waals surface area contributed by atoms with Gasteiger partial charge >= 0.3 is 33.4 Å². The summed E-state index contributed by atoms with van der Waals surface area (Å²) >= 11 is 0. The van der Waals surface area contributed by atoms with Gasteiger partial charge in [0.2, 0.25) is 0 Å². The quantitative estimate of drug-likeness (QED) is 0.430. The fraction of sp³-hybridized carbons (Fsp3) is 1.00. The first-order valence-electron chi connectivity index (χ1n) is 4.76. The predicted octanol–water partition coefficient (Wildman–Crippen LogP) is 2.14. The third-order valence-electron chi connectivity index (χ3n) is 1.97. The lowest BCUT2D eigenvalue weighted by Gasteiger charge is -2.32. The average molecular weight is 358 g/mol. The van der Waals surface area contributed by atoms with Crippen LogP contribution in [0.25, 0.3) is 0 Å². The molecule has 0 heterocycles. The van der Waals surface area contributed by atoms with E-state index in [1.807, 2.05) is 0 Å². The summed E-state index contributed by atoms with van der Waals surface area (Å²) in [6.45, 7) is -2.15. The minimum Gasteiger partial charge on any atom is -0.396 e. The molecule has 0 aromatic rings. The number of hydrogen-bond donors (Lipinski definition) is 1. The van der Waals surface area contributed by atoms with Crippen LogP contribution in [0.1, 0.15) is 6.42 Å². The topological polar surface area (TPSA) is 63.6 Å². The SMILES string of the molecule is O=S(=O)(OCCCO)C(F)(F)C(F)(F)C(F)(F)C(F)(F)F. The third-order valence-corrected chi connectivity index (χ3v) is 3.33. The molecular weight excluding hydrogens is 351 g/mol. The molecule has 0 radical (unpaired) electrons. The van der Waals surface area contributed by atoms with Crippen LogP contribution in [0.4, 0.5) is 39.5 Å². The monoisotopic (exact) mass is 358 g/mol. The zero-order chi connectivity index (χ0) is 17.3. The Hall–Kier alpha value is -0.760. The molecule has 0 aliphatic rings. The van der Waals surface area contributed by atoms with Crippen molar-refractivity contribution >= 4 is 10.1 Å². The molecule has 0 saturated carbocycles. The second kappa shape index (κ2) is 5.79. The zero-order valence-electron chi connectivity index (χ0n) is 9.60. The van der Waals surface area contributed by atoms with Gasteiger partial charge in [-0.2, -0.15) is 47.9 Å². The van der Waals surface area contributed by atoms with Gasteiger partial charge in [0.25, 0.3) is 0 Å². The van der Waals surface area contributed by atoms with Crippen LogP contribution < -0.4 is 0 Å². The van der Waals surface area contributed by atoms with Crippen molar-refractivity contribution in [3.8, 4) is 0 Å². The Morgan fingerprint density at radius 3 is 1.62 bits per heavy atom. The second-order valence-corrected chi connectivity index (χ2v) is 5.17. The van der Waals surface area contributed by atoms with Gasteiger partial charge in [0, 0.05) is 6.61 Å². The first kappa shape index (κ1) is 20.2. The van der Waals surface area contributed by atoms with Gasteiger partial charge in [0.15, 0.2) is 0 Å². The number of halogens is 9. The number of alkyl halides is 9. The van der Waals surface area contributed by atoms with E-state index in [0.717, 1.165) is 0 Å². The van der Waals surface area contributed by atoms with Crippen molar-refractivity contribution in [3.05, 3.63) is 0 Å². The number of hydrogen-bond acceptors (Lipinski definition) is 4. The molecule has 0 atom stereocenters. The van der Waals surface area contributed by atoms with Crippen LogP contribution in [0.3, 0.4) is 0 Å². The third kappa shape index (κ3) is 3.36. The fourth-order valence-corrected chi connectivity index (χ4v) is 1.75. The van der Waals surface area contributed by atoms with Crippen molar-refractivity contribution < 1.29 is 57.2 Å². The lowest BCUT2D eigenvalue weighted by atomic mass is 10.1. The summed E-state index contributed by atoms with van der Waals surface area (Å²) in [5.74, 6) is -14.6. The van der Waals surface area contributed by atoms with Crippen molar-refractivity contribution in [1.29, 1.82) is 0 Å². The summed E-state index contributed by atoms with van der Waals surface area (Å²) < 4.78 is 136. The molecule has 0 spiro atoms. The van der Waals surface area contributed by atoms with Gasteiger partial charge in [-0.25, -0.2) is 0 Å². The highest BCUT2D eigenvalue weighted by Crippen LogP contribution is 2.54. The number of rotatable bonds is 7. The average Bonchev–Trinajstić information content (AvgIpc) is 2.26. The minimum atomic E-state index is -7.32. The van der Waals surface area contributed by atoms with Crippen LogP contribution in [0.2, 0.25) is 0 Å². The molecule has 128 valence electrons. The van der Waals surface area contributed by atoms with Crippen LogP contribution in [-0.4, -0.2) is 50.0 Å². The first-order valence-corrected chi connectivity index (χ1v) is 6.17. The molecule has 0 amide bonds. The molecule has 0 aromatic carbocycles. The van der Waals surface area contributed by atoms with E-state index in [2.05, 4.69) is 4.18 Å². The molecule has 0 saturated heterocycles. The summed E-state index contributed by atoms with van der Waals surface area (Å²) in [7, 11) is -6.81. The maximum absolute atomic E-state index is 12.9. The fourth-order valence-electron chi connectivity index (χ4n) is 0.825. The van der Waals surface area contributed by atoms with Crippen LogP contribution in [-0.2, 0) is 14.3 Å². The molecule has 0 aromatic heterocycles. The van der Waals surface area contributed by atoms with Crippen LogP contribution >= 0.6 is 0 Å². The summed E-state index contributed by atoms with van der Waals surface area (Å²) in [5, 5.41) is 1.33. The summed E-state index contributed by atoms with van der Waals surface area (Å²) in [6.07, 6.45) is -7.79. The number of aliphatic hydroxyl groups is 1. The summed E-state index contributed by atoms with van der Waals surface area (Å²) in [6, 6.07) is 0. The normalized spacial score (nSPS) is 15.3. The Balaban J connectivity index is 5.67. The van der Waals surface area contributed by atoms with E-state index in [1.165, 1.54) is 0 Å².